The second kappa shape index (κ2) is 7.62. The fourth-order valence-electron chi connectivity index (χ4n) is 3.01. The van der Waals surface area contributed by atoms with Gasteiger partial charge in [-0.05, 0) is 47.1 Å². The topological polar surface area (TPSA) is 49.9 Å². The Morgan fingerprint density at radius 2 is 1.80 bits per heavy atom. The molecule has 0 spiro atoms. The molecular formula is C15H28N2O3. The third-order valence-electron chi connectivity index (χ3n) is 3.83. The van der Waals surface area contributed by atoms with Crippen LogP contribution < -0.4 is 0 Å². The van der Waals surface area contributed by atoms with E-state index in [9.17, 15) is 9.59 Å². The molecule has 1 heterocycles. The first-order valence-electron chi connectivity index (χ1n) is 7.51. The number of esters is 1. The molecule has 1 aliphatic heterocycles. The van der Waals surface area contributed by atoms with E-state index in [4.69, 9.17) is 4.74 Å². The maximum Gasteiger partial charge on any atom is 0.323 e. The van der Waals surface area contributed by atoms with Crippen LogP contribution in [0.15, 0.2) is 0 Å². The summed E-state index contributed by atoms with van der Waals surface area (Å²) in [5.41, 5.74) is 0. The van der Waals surface area contributed by atoms with Crippen LogP contribution in [0.1, 0.15) is 47.0 Å². The zero-order valence-corrected chi connectivity index (χ0v) is 13.4. The number of hydrogen-bond donors (Lipinski definition) is 0. The number of methoxy groups -OCH3 is 1. The summed E-state index contributed by atoms with van der Waals surface area (Å²) in [5, 5.41) is 0. The molecule has 5 heteroatoms. The molecule has 0 aromatic carbocycles. The Balaban J connectivity index is 2.73. The van der Waals surface area contributed by atoms with Crippen molar-refractivity contribution in [3.63, 3.8) is 0 Å². The first-order valence-corrected chi connectivity index (χ1v) is 7.51. The number of rotatable bonds is 5. The molecule has 20 heavy (non-hydrogen) atoms. The number of likely N-dealkylation sites (tertiary alicyclic amines) is 1. The summed E-state index contributed by atoms with van der Waals surface area (Å²) in [6.45, 7) is 9.17. The van der Waals surface area contributed by atoms with Gasteiger partial charge in [-0.15, -0.1) is 0 Å². The molecule has 5 nitrogen and oxygen atoms in total. The summed E-state index contributed by atoms with van der Waals surface area (Å²) < 4.78 is 4.85. The molecule has 0 aliphatic carbocycles. The van der Waals surface area contributed by atoms with E-state index in [0.717, 1.165) is 25.8 Å². The lowest BCUT2D eigenvalue weighted by Gasteiger charge is -2.37. The quantitative estimate of drug-likeness (QED) is 0.720. The van der Waals surface area contributed by atoms with Crippen molar-refractivity contribution in [3.05, 3.63) is 0 Å². The Morgan fingerprint density at radius 1 is 1.20 bits per heavy atom. The smallest absolute Gasteiger partial charge is 0.323 e. The Labute approximate surface area is 122 Å². The van der Waals surface area contributed by atoms with Crippen LogP contribution in [0.4, 0.5) is 0 Å². The highest BCUT2D eigenvalue weighted by molar-refractivity contribution is 5.81. The lowest BCUT2D eigenvalue weighted by Crippen LogP contribution is -2.52. The highest BCUT2D eigenvalue weighted by Crippen LogP contribution is 2.19. The zero-order valence-electron chi connectivity index (χ0n) is 13.4. The predicted octanol–water partition coefficient (Wildman–Crippen LogP) is 1.66. The van der Waals surface area contributed by atoms with E-state index in [2.05, 4.69) is 0 Å². The molecule has 0 unspecified atom stereocenters. The fourth-order valence-corrected chi connectivity index (χ4v) is 3.01. The van der Waals surface area contributed by atoms with Gasteiger partial charge in [-0.2, -0.15) is 0 Å². The SMILES string of the molecule is COC(=O)[C@H]1CCCCN1CC(=O)N(C(C)C)C(C)C. The van der Waals surface area contributed by atoms with Gasteiger partial charge < -0.3 is 9.64 Å². The van der Waals surface area contributed by atoms with Gasteiger partial charge in [-0.25, -0.2) is 0 Å². The van der Waals surface area contributed by atoms with Crippen LogP contribution in [0, 0.1) is 0 Å². The highest BCUT2D eigenvalue weighted by atomic mass is 16.5. The van der Waals surface area contributed by atoms with Crippen LogP contribution in [-0.2, 0) is 14.3 Å². The van der Waals surface area contributed by atoms with Crippen molar-refractivity contribution in [3.8, 4) is 0 Å². The summed E-state index contributed by atoms with van der Waals surface area (Å²) in [5.74, 6) is -0.135. The first-order chi connectivity index (χ1) is 9.38. The van der Waals surface area contributed by atoms with E-state index in [1.165, 1.54) is 7.11 Å². The van der Waals surface area contributed by atoms with E-state index < -0.39 is 0 Å². The van der Waals surface area contributed by atoms with Gasteiger partial charge in [0, 0.05) is 12.1 Å². The molecule has 1 aliphatic rings. The van der Waals surface area contributed by atoms with Crippen molar-refractivity contribution in [2.75, 3.05) is 20.2 Å². The van der Waals surface area contributed by atoms with E-state index in [-0.39, 0.29) is 30.0 Å². The number of carbonyl (C=O) groups is 2. The molecule has 0 bridgehead atoms. The van der Waals surface area contributed by atoms with Crippen LogP contribution in [0.25, 0.3) is 0 Å². The van der Waals surface area contributed by atoms with Gasteiger partial charge in [-0.1, -0.05) is 6.42 Å². The predicted molar refractivity (Wildman–Crippen MR) is 78.3 cm³/mol. The van der Waals surface area contributed by atoms with Crippen LogP contribution in [0.5, 0.6) is 0 Å². The van der Waals surface area contributed by atoms with Gasteiger partial charge in [0.1, 0.15) is 6.04 Å². The molecule has 1 atom stereocenters. The summed E-state index contributed by atoms with van der Waals surface area (Å²) in [6.07, 6.45) is 2.83. The van der Waals surface area contributed by atoms with Crippen molar-refractivity contribution in [1.82, 2.24) is 9.80 Å². The van der Waals surface area contributed by atoms with E-state index >= 15 is 0 Å². The van der Waals surface area contributed by atoms with Gasteiger partial charge in [-0.3, -0.25) is 14.5 Å². The van der Waals surface area contributed by atoms with Crippen LogP contribution >= 0.6 is 0 Å². The van der Waals surface area contributed by atoms with Gasteiger partial charge in [0.2, 0.25) is 5.91 Å². The Morgan fingerprint density at radius 3 is 2.30 bits per heavy atom. The minimum Gasteiger partial charge on any atom is -0.468 e. The van der Waals surface area contributed by atoms with Gasteiger partial charge in [0.15, 0.2) is 0 Å². The third kappa shape index (κ3) is 4.20. The number of carbonyl (C=O) groups excluding carboxylic acids is 2. The first kappa shape index (κ1) is 17.0. The summed E-state index contributed by atoms with van der Waals surface area (Å²) >= 11 is 0. The molecule has 0 radical (unpaired) electrons. The molecule has 1 fully saturated rings. The second-order valence-electron chi connectivity index (χ2n) is 5.99. The molecule has 0 aromatic heterocycles. The number of nitrogens with zero attached hydrogens (tertiary/aromatic N) is 2. The molecule has 1 saturated heterocycles. The Kier molecular flexibility index (Phi) is 6.46. The monoisotopic (exact) mass is 284 g/mol. The zero-order chi connectivity index (χ0) is 15.3. The van der Waals surface area contributed by atoms with E-state index in [0.29, 0.717) is 6.54 Å². The maximum atomic E-state index is 12.5. The fraction of sp³-hybridized carbons (Fsp3) is 0.867. The summed E-state index contributed by atoms with van der Waals surface area (Å²) in [6, 6.07) is 0.0756. The van der Waals surface area contributed by atoms with Crippen LogP contribution in [0.2, 0.25) is 0 Å². The lowest BCUT2D eigenvalue weighted by atomic mass is 10.0. The highest BCUT2D eigenvalue weighted by Gasteiger charge is 2.32. The van der Waals surface area contributed by atoms with E-state index in [1.807, 2.05) is 37.5 Å². The average molecular weight is 284 g/mol. The molecule has 0 N–H and O–H groups in total. The van der Waals surface area contributed by atoms with Crippen molar-refractivity contribution in [2.24, 2.45) is 0 Å². The van der Waals surface area contributed by atoms with Crippen molar-refractivity contribution in [2.45, 2.75) is 65.1 Å². The number of hydrogen-bond acceptors (Lipinski definition) is 4. The van der Waals surface area contributed by atoms with Crippen LogP contribution in [0.3, 0.4) is 0 Å². The normalized spacial score (nSPS) is 20.2. The van der Waals surface area contributed by atoms with Crippen molar-refractivity contribution >= 4 is 11.9 Å². The molecule has 1 amide bonds. The Bertz CT molecular complexity index is 334. The maximum absolute atomic E-state index is 12.5. The Hall–Kier alpha value is -1.10. The largest absolute Gasteiger partial charge is 0.468 e. The molecular weight excluding hydrogens is 256 g/mol. The molecule has 116 valence electrons. The number of ether oxygens (including phenoxy) is 1. The van der Waals surface area contributed by atoms with Crippen LogP contribution in [-0.4, -0.2) is 60.0 Å². The minimum absolute atomic E-state index is 0.0887. The standard InChI is InChI=1S/C15H28N2O3/c1-11(2)17(12(3)4)14(18)10-16-9-7-6-8-13(16)15(19)20-5/h11-13H,6-10H2,1-5H3/t13-/m1/s1. The summed E-state index contributed by atoms with van der Waals surface area (Å²) in [7, 11) is 1.41. The minimum atomic E-state index is -0.265. The van der Waals surface area contributed by atoms with Gasteiger partial charge in [0.25, 0.3) is 0 Å². The molecule has 1 rings (SSSR count). The number of piperidine rings is 1. The summed E-state index contributed by atoms with van der Waals surface area (Å²) in [4.78, 5) is 28.1. The van der Waals surface area contributed by atoms with Crippen molar-refractivity contribution in [1.29, 1.82) is 0 Å². The van der Waals surface area contributed by atoms with Crippen molar-refractivity contribution < 1.29 is 14.3 Å². The third-order valence-corrected chi connectivity index (χ3v) is 3.83. The van der Waals surface area contributed by atoms with Gasteiger partial charge in [0.05, 0.1) is 13.7 Å². The number of amides is 1. The van der Waals surface area contributed by atoms with E-state index in [1.54, 1.807) is 0 Å². The molecule has 0 saturated carbocycles. The lowest BCUT2D eigenvalue weighted by molar-refractivity contribution is -0.150. The van der Waals surface area contributed by atoms with Gasteiger partial charge >= 0.3 is 5.97 Å². The second-order valence-corrected chi connectivity index (χ2v) is 5.99. The molecule has 0 aromatic rings. The average Bonchev–Trinajstić information content (AvgIpc) is 2.37.